The summed E-state index contributed by atoms with van der Waals surface area (Å²) in [6.07, 6.45) is 3.81. The first-order valence-corrected chi connectivity index (χ1v) is 7.27. The quantitative estimate of drug-likeness (QED) is 0.584. The molecule has 0 atom stereocenters. The third-order valence-corrected chi connectivity index (χ3v) is 3.05. The van der Waals surface area contributed by atoms with Gasteiger partial charge in [0.2, 0.25) is 0 Å². The number of rotatable bonds is 8. The van der Waals surface area contributed by atoms with Crippen LogP contribution in [0.4, 0.5) is 0 Å². The molecule has 20 heavy (non-hydrogen) atoms. The molecule has 1 rings (SSSR count). The lowest BCUT2D eigenvalue weighted by molar-refractivity contribution is 0.235. The molecule has 3 heteroatoms. The van der Waals surface area contributed by atoms with Crippen molar-refractivity contribution < 1.29 is 9.84 Å². The van der Waals surface area contributed by atoms with Crippen LogP contribution in [-0.4, -0.2) is 43.4 Å². The fraction of sp³-hybridized carbons (Fsp3) is 0.529. The minimum absolute atomic E-state index is 0.109. The van der Waals surface area contributed by atoms with Crippen LogP contribution in [0.25, 0.3) is 0 Å². The van der Waals surface area contributed by atoms with E-state index >= 15 is 0 Å². The topological polar surface area (TPSA) is 32.7 Å². The van der Waals surface area contributed by atoms with Crippen molar-refractivity contribution >= 4 is 0 Å². The van der Waals surface area contributed by atoms with Gasteiger partial charge in [-0.3, -0.25) is 0 Å². The molecule has 0 aliphatic carbocycles. The molecular formula is C17H25NO2. The van der Waals surface area contributed by atoms with Gasteiger partial charge in [-0.15, -0.1) is 0 Å². The Balaban J connectivity index is 2.24. The van der Waals surface area contributed by atoms with Crippen LogP contribution in [-0.2, 0) is 0 Å². The summed E-state index contributed by atoms with van der Waals surface area (Å²) in [5, 5.41) is 8.62. The normalized spacial score (nSPS) is 10.2. The van der Waals surface area contributed by atoms with Gasteiger partial charge in [-0.2, -0.15) is 0 Å². The predicted octanol–water partition coefficient (Wildman–Crippen LogP) is 2.53. The largest absolute Gasteiger partial charge is 0.492 e. The molecule has 0 aliphatic rings. The highest BCUT2D eigenvalue weighted by Crippen LogP contribution is 2.11. The number of benzene rings is 1. The van der Waals surface area contributed by atoms with Crippen LogP contribution in [0.15, 0.2) is 24.3 Å². The number of nitrogens with zero attached hydrogens (tertiary/aromatic N) is 1. The van der Waals surface area contributed by atoms with Gasteiger partial charge in [-0.1, -0.05) is 31.6 Å². The van der Waals surface area contributed by atoms with Gasteiger partial charge in [0.05, 0.1) is 0 Å². The van der Waals surface area contributed by atoms with E-state index in [9.17, 15) is 0 Å². The third kappa shape index (κ3) is 7.18. The smallest absolute Gasteiger partial charge is 0.119 e. The van der Waals surface area contributed by atoms with E-state index in [1.807, 2.05) is 24.3 Å². The van der Waals surface area contributed by atoms with E-state index in [0.717, 1.165) is 24.4 Å². The van der Waals surface area contributed by atoms with Gasteiger partial charge >= 0.3 is 0 Å². The predicted molar refractivity (Wildman–Crippen MR) is 82.9 cm³/mol. The number of unbranched alkanes of at least 4 members (excludes halogenated alkanes) is 2. The Hall–Kier alpha value is -1.50. The number of hydrogen-bond donors (Lipinski definition) is 1. The van der Waals surface area contributed by atoms with Crippen LogP contribution in [0.5, 0.6) is 5.75 Å². The summed E-state index contributed by atoms with van der Waals surface area (Å²) in [6, 6.07) is 7.64. The first kappa shape index (κ1) is 16.6. The van der Waals surface area contributed by atoms with E-state index in [1.165, 1.54) is 19.3 Å². The monoisotopic (exact) mass is 275 g/mol. The summed E-state index contributed by atoms with van der Waals surface area (Å²) < 4.78 is 5.70. The lowest BCUT2D eigenvalue weighted by atomic mass is 10.2. The molecule has 0 spiro atoms. The molecule has 0 saturated carbocycles. The van der Waals surface area contributed by atoms with Crippen molar-refractivity contribution in [3.8, 4) is 17.6 Å². The van der Waals surface area contributed by atoms with Crippen molar-refractivity contribution in [2.45, 2.75) is 26.2 Å². The van der Waals surface area contributed by atoms with Crippen LogP contribution in [0.1, 0.15) is 31.7 Å². The third-order valence-electron chi connectivity index (χ3n) is 3.05. The van der Waals surface area contributed by atoms with Gasteiger partial charge in [0, 0.05) is 12.1 Å². The molecule has 0 saturated heterocycles. The highest BCUT2D eigenvalue weighted by atomic mass is 16.5. The second-order valence-corrected chi connectivity index (χ2v) is 4.84. The van der Waals surface area contributed by atoms with E-state index in [-0.39, 0.29) is 6.61 Å². The molecule has 1 N–H and O–H groups in total. The minimum atomic E-state index is -0.109. The molecule has 1 aromatic rings. The van der Waals surface area contributed by atoms with Crippen LogP contribution in [0.3, 0.4) is 0 Å². The highest BCUT2D eigenvalue weighted by molar-refractivity contribution is 5.38. The van der Waals surface area contributed by atoms with E-state index in [1.54, 1.807) is 0 Å². The SMILES string of the molecule is CCCCCN(C)CCOc1ccc(C#CCO)cc1. The second-order valence-electron chi connectivity index (χ2n) is 4.84. The van der Waals surface area contributed by atoms with Crippen LogP contribution < -0.4 is 4.74 Å². The average Bonchev–Trinajstić information content (AvgIpc) is 2.47. The second kappa shape index (κ2) is 10.3. The molecule has 0 heterocycles. The molecule has 0 radical (unpaired) electrons. The van der Waals surface area contributed by atoms with E-state index in [4.69, 9.17) is 9.84 Å². The van der Waals surface area contributed by atoms with E-state index in [0.29, 0.717) is 6.61 Å². The summed E-state index contributed by atoms with van der Waals surface area (Å²) in [4.78, 5) is 2.30. The average molecular weight is 275 g/mol. The lowest BCUT2D eigenvalue weighted by Gasteiger charge is -2.16. The summed E-state index contributed by atoms with van der Waals surface area (Å²) in [5.41, 5.74) is 0.892. The van der Waals surface area contributed by atoms with Gasteiger partial charge in [-0.25, -0.2) is 0 Å². The van der Waals surface area contributed by atoms with Crippen molar-refractivity contribution in [2.75, 3.05) is 33.4 Å². The number of aliphatic hydroxyl groups excluding tert-OH is 1. The fourth-order valence-corrected chi connectivity index (χ4v) is 1.84. The fourth-order valence-electron chi connectivity index (χ4n) is 1.84. The molecular weight excluding hydrogens is 250 g/mol. The molecule has 0 bridgehead atoms. The van der Waals surface area contributed by atoms with Crippen LogP contribution in [0, 0.1) is 11.8 Å². The van der Waals surface area contributed by atoms with Crippen LogP contribution >= 0.6 is 0 Å². The highest BCUT2D eigenvalue weighted by Gasteiger charge is 1.99. The molecule has 0 fully saturated rings. The van der Waals surface area contributed by atoms with Gasteiger partial charge in [0.15, 0.2) is 0 Å². The van der Waals surface area contributed by atoms with E-state index < -0.39 is 0 Å². The Morgan fingerprint density at radius 2 is 1.90 bits per heavy atom. The van der Waals surface area contributed by atoms with Crippen molar-refractivity contribution in [1.82, 2.24) is 4.90 Å². The zero-order valence-corrected chi connectivity index (χ0v) is 12.6. The van der Waals surface area contributed by atoms with Crippen molar-refractivity contribution in [3.63, 3.8) is 0 Å². The molecule has 0 amide bonds. The summed E-state index contributed by atoms with van der Waals surface area (Å²) in [5.74, 6) is 6.35. The van der Waals surface area contributed by atoms with Crippen LogP contribution in [0.2, 0.25) is 0 Å². The number of ether oxygens (including phenoxy) is 1. The Bertz CT molecular complexity index is 417. The Morgan fingerprint density at radius 1 is 1.15 bits per heavy atom. The number of likely N-dealkylation sites (N-methyl/N-ethyl adjacent to an activating group) is 1. The van der Waals surface area contributed by atoms with Gasteiger partial charge in [0.25, 0.3) is 0 Å². The summed E-state index contributed by atoms with van der Waals surface area (Å²) in [6.45, 7) is 4.88. The minimum Gasteiger partial charge on any atom is -0.492 e. The van der Waals surface area contributed by atoms with Gasteiger partial charge in [-0.05, 0) is 44.3 Å². The maximum Gasteiger partial charge on any atom is 0.119 e. The Labute approximate surface area is 122 Å². The van der Waals surface area contributed by atoms with Crippen molar-refractivity contribution in [2.24, 2.45) is 0 Å². The van der Waals surface area contributed by atoms with Gasteiger partial charge < -0.3 is 14.7 Å². The Kier molecular flexibility index (Phi) is 8.53. The number of aliphatic hydroxyl groups is 1. The molecule has 110 valence electrons. The molecule has 0 unspecified atom stereocenters. The maximum absolute atomic E-state index is 8.62. The zero-order valence-electron chi connectivity index (χ0n) is 12.6. The lowest BCUT2D eigenvalue weighted by Crippen LogP contribution is -2.25. The van der Waals surface area contributed by atoms with Gasteiger partial charge in [0.1, 0.15) is 19.0 Å². The van der Waals surface area contributed by atoms with Crippen molar-refractivity contribution in [1.29, 1.82) is 0 Å². The molecule has 0 aromatic heterocycles. The first-order chi connectivity index (χ1) is 9.76. The van der Waals surface area contributed by atoms with Crippen molar-refractivity contribution in [3.05, 3.63) is 29.8 Å². The summed E-state index contributed by atoms with van der Waals surface area (Å²) in [7, 11) is 2.13. The maximum atomic E-state index is 8.62. The standard InChI is InChI=1S/C17H25NO2/c1-3-4-5-12-18(2)13-15-20-17-10-8-16(9-11-17)7-6-14-19/h8-11,19H,3-5,12-15H2,1-2H3. The molecule has 0 aliphatic heterocycles. The number of hydrogen-bond acceptors (Lipinski definition) is 3. The Morgan fingerprint density at radius 3 is 2.55 bits per heavy atom. The first-order valence-electron chi connectivity index (χ1n) is 7.27. The zero-order chi connectivity index (χ0) is 14.6. The molecule has 3 nitrogen and oxygen atoms in total. The summed E-state index contributed by atoms with van der Waals surface area (Å²) >= 11 is 0. The molecule has 1 aromatic carbocycles. The van der Waals surface area contributed by atoms with E-state index in [2.05, 4.69) is 30.7 Å².